The van der Waals surface area contributed by atoms with Gasteiger partial charge in [-0.2, -0.15) is 0 Å². The maximum atomic E-state index is 10.8. The molecule has 6 heteroatoms. The Kier molecular flexibility index (Phi) is 4.77. The van der Waals surface area contributed by atoms with Gasteiger partial charge in [-0.3, -0.25) is 10.1 Å². The number of hydrogen-bond acceptors (Lipinski definition) is 3. The summed E-state index contributed by atoms with van der Waals surface area (Å²) in [5.74, 6) is 1.11. The first-order valence-electron chi connectivity index (χ1n) is 5.78. The summed E-state index contributed by atoms with van der Waals surface area (Å²) in [7, 11) is 0. The van der Waals surface area contributed by atoms with Gasteiger partial charge < -0.3 is 4.74 Å². The van der Waals surface area contributed by atoms with Gasteiger partial charge in [-0.1, -0.05) is 37.9 Å². The van der Waals surface area contributed by atoms with Crippen molar-refractivity contribution < 1.29 is 9.66 Å². The predicted molar refractivity (Wildman–Crippen MR) is 84.7 cm³/mol. The zero-order valence-electron chi connectivity index (χ0n) is 10.6. The van der Waals surface area contributed by atoms with E-state index in [2.05, 4.69) is 31.9 Å². The van der Waals surface area contributed by atoms with Crippen molar-refractivity contribution in [3.8, 4) is 11.5 Å². The first-order valence-corrected chi connectivity index (χ1v) is 7.70. The van der Waals surface area contributed by atoms with Gasteiger partial charge in [0.25, 0.3) is 5.69 Å². The van der Waals surface area contributed by atoms with Crippen LogP contribution >= 0.6 is 31.9 Å². The molecule has 0 amide bonds. The molecule has 0 radical (unpaired) electrons. The van der Waals surface area contributed by atoms with E-state index in [0.717, 1.165) is 20.9 Å². The van der Waals surface area contributed by atoms with Crippen molar-refractivity contribution in [1.29, 1.82) is 0 Å². The fourth-order valence-electron chi connectivity index (χ4n) is 1.64. The van der Waals surface area contributed by atoms with Crippen LogP contribution in [0.1, 0.15) is 11.1 Å². The Morgan fingerprint density at radius 3 is 2.60 bits per heavy atom. The molecule has 4 nitrogen and oxygen atoms in total. The lowest BCUT2D eigenvalue weighted by molar-refractivity contribution is -0.384. The van der Waals surface area contributed by atoms with E-state index in [1.165, 1.54) is 12.1 Å². The van der Waals surface area contributed by atoms with Crippen LogP contribution in [0.3, 0.4) is 0 Å². The van der Waals surface area contributed by atoms with Gasteiger partial charge in [-0.05, 0) is 36.2 Å². The van der Waals surface area contributed by atoms with Crippen LogP contribution in [0.25, 0.3) is 0 Å². The summed E-state index contributed by atoms with van der Waals surface area (Å²) in [5.41, 5.74) is 1.96. The summed E-state index contributed by atoms with van der Waals surface area (Å²) in [6.45, 7) is 1.85. The van der Waals surface area contributed by atoms with Gasteiger partial charge in [0.05, 0.1) is 11.0 Å². The minimum Gasteiger partial charge on any atom is -0.457 e. The summed E-state index contributed by atoms with van der Waals surface area (Å²) in [5, 5.41) is 11.5. The van der Waals surface area contributed by atoms with Gasteiger partial charge in [0.15, 0.2) is 0 Å². The maximum absolute atomic E-state index is 10.8. The number of nitro benzene ring substituents is 1. The molecule has 0 aliphatic carbocycles. The standard InChI is InChI=1S/C14H11Br2NO3/c1-9-2-4-11(17(18)19)6-14(9)20-12-5-3-10(8-15)13(16)7-12/h2-7H,8H2,1H3. The van der Waals surface area contributed by atoms with E-state index in [0.29, 0.717) is 11.5 Å². The fraction of sp³-hybridized carbons (Fsp3) is 0.143. The third-order valence-electron chi connectivity index (χ3n) is 2.78. The lowest BCUT2D eigenvalue weighted by atomic mass is 10.2. The third-order valence-corrected chi connectivity index (χ3v) is 4.12. The number of rotatable bonds is 4. The summed E-state index contributed by atoms with van der Waals surface area (Å²) < 4.78 is 6.66. The van der Waals surface area contributed by atoms with Gasteiger partial charge in [-0.25, -0.2) is 0 Å². The molecule has 0 aliphatic rings. The van der Waals surface area contributed by atoms with Crippen LogP contribution in [0.5, 0.6) is 11.5 Å². The monoisotopic (exact) mass is 399 g/mol. The summed E-state index contributed by atoms with van der Waals surface area (Å²) in [4.78, 5) is 10.4. The highest BCUT2D eigenvalue weighted by Gasteiger charge is 2.11. The highest BCUT2D eigenvalue weighted by molar-refractivity contribution is 9.10. The summed E-state index contributed by atoms with van der Waals surface area (Å²) in [6.07, 6.45) is 0. The highest BCUT2D eigenvalue weighted by Crippen LogP contribution is 2.31. The van der Waals surface area contributed by atoms with Gasteiger partial charge >= 0.3 is 0 Å². The van der Waals surface area contributed by atoms with E-state index in [-0.39, 0.29) is 5.69 Å². The maximum Gasteiger partial charge on any atom is 0.273 e. The zero-order valence-corrected chi connectivity index (χ0v) is 13.8. The molecule has 0 spiro atoms. The third kappa shape index (κ3) is 3.37. The molecule has 2 rings (SSSR count). The molecular weight excluding hydrogens is 390 g/mol. The van der Waals surface area contributed by atoms with Crippen molar-refractivity contribution in [2.75, 3.05) is 0 Å². The van der Waals surface area contributed by atoms with Crippen LogP contribution in [0.15, 0.2) is 40.9 Å². The number of hydrogen-bond donors (Lipinski definition) is 0. The van der Waals surface area contributed by atoms with Crippen molar-refractivity contribution in [1.82, 2.24) is 0 Å². The Morgan fingerprint density at radius 1 is 1.25 bits per heavy atom. The molecule has 0 saturated carbocycles. The molecule has 20 heavy (non-hydrogen) atoms. The molecule has 0 bridgehead atoms. The number of alkyl halides is 1. The van der Waals surface area contributed by atoms with Gasteiger partial charge in [0.1, 0.15) is 11.5 Å². The van der Waals surface area contributed by atoms with Crippen molar-refractivity contribution in [3.63, 3.8) is 0 Å². The molecular formula is C14H11Br2NO3. The molecule has 0 aromatic heterocycles. The molecule has 0 N–H and O–H groups in total. The van der Waals surface area contributed by atoms with Crippen molar-refractivity contribution >= 4 is 37.5 Å². The second-order valence-electron chi connectivity index (χ2n) is 4.20. The Balaban J connectivity index is 2.32. The van der Waals surface area contributed by atoms with Gasteiger partial charge in [0, 0.05) is 15.9 Å². The Morgan fingerprint density at radius 2 is 2.00 bits per heavy atom. The van der Waals surface area contributed by atoms with E-state index in [1.54, 1.807) is 6.07 Å². The van der Waals surface area contributed by atoms with E-state index < -0.39 is 4.92 Å². The minimum absolute atomic E-state index is 0.0155. The van der Waals surface area contributed by atoms with E-state index in [4.69, 9.17) is 4.74 Å². The normalized spacial score (nSPS) is 10.3. The number of nitrogens with zero attached hydrogens (tertiary/aromatic N) is 1. The average molecular weight is 401 g/mol. The lowest BCUT2D eigenvalue weighted by Crippen LogP contribution is -1.92. The van der Waals surface area contributed by atoms with Crippen molar-refractivity contribution in [3.05, 3.63) is 62.1 Å². The molecule has 2 aromatic carbocycles. The van der Waals surface area contributed by atoms with E-state index in [1.807, 2.05) is 25.1 Å². The SMILES string of the molecule is Cc1ccc([N+](=O)[O-])cc1Oc1ccc(CBr)c(Br)c1. The predicted octanol–water partition coefficient (Wildman–Crippen LogP) is 5.35. The van der Waals surface area contributed by atoms with Crippen LogP contribution in [0, 0.1) is 17.0 Å². The van der Waals surface area contributed by atoms with Crippen LogP contribution in [-0.4, -0.2) is 4.92 Å². The zero-order chi connectivity index (χ0) is 14.7. The molecule has 2 aromatic rings. The Labute approximate surface area is 133 Å². The molecule has 0 unspecified atom stereocenters. The second-order valence-corrected chi connectivity index (χ2v) is 5.61. The quantitative estimate of drug-likeness (QED) is 0.394. The van der Waals surface area contributed by atoms with Crippen LogP contribution < -0.4 is 4.74 Å². The Hall–Kier alpha value is -1.40. The van der Waals surface area contributed by atoms with Gasteiger partial charge in [-0.15, -0.1) is 0 Å². The highest BCUT2D eigenvalue weighted by atomic mass is 79.9. The van der Waals surface area contributed by atoms with Crippen molar-refractivity contribution in [2.24, 2.45) is 0 Å². The number of nitro groups is 1. The topological polar surface area (TPSA) is 52.4 Å². The number of ether oxygens (including phenoxy) is 1. The largest absolute Gasteiger partial charge is 0.457 e. The smallest absolute Gasteiger partial charge is 0.273 e. The number of halogens is 2. The first kappa shape index (κ1) is 15.0. The Bertz CT molecular complexity index is 659. The van der Waals surface area contributed by atoms with E-state index in [9.17, 15) is 10.1 Å². The molecule has 0 atom stereocenters. The molecule has 0 aliphatic heterocycles. The average Bonchev–Trinajstić information content (AvgIpc) is 2.41. The van der Waals surface area contributed by atoms with E-state index >= 15 is 0 Å². The minimum atomic E-state index is -0.434. The summed E-state index contributed by atoms with van der Waals surface area (Å²) >= 11 is 6.85. The van der Waals surface area contributed by atoms with Crippen molar-refractivity contribution in [2.45, 2.75) is 12.3 Å². The fourth-order valence-corrected chi connectivity index (χ4v) is 3.00. The number of non-ortho nitro benzene ring substituents is 1. The molecule has 0 heterocycles. The number of benzene rings is 2. The van der Waals surface area contributed by atoms with Crippen LogP contribution in [0.4, 0.5) is 5.69 Å². The molecule has 0 saturated heterocycles. The first-order chi connectivity index (χ1) is 9.51. The van der Waals surface area contributed by atoms with Gasteiger partial charge in [0.2, 0.25) is 0 Å². The molecule has 0 fully saturated rings. The lowest BCUT2D eigenvalue weighted by Gasteiger charge is -2.10. The second kappa shape index (κ2) is 6.37. The summed E-state index contributed by atoms with van der Waals surface area (Å²) in [6, 6.07) is 10.2. The number of aryl methyl sites for hydroxylation is 1. The molecule has 104 valence electrons. The van der Waals surface area contributed by atoms with Crippen LogP contribution in [-0.2, 0) is 5.33 Å². The van der Waals surface area contributed by atoms with Crippen LogP contribution in [0.2, 0.25) is 0 Å².